The number of phenols is 2. The Kier molecular flexibility index (Phi) is 6.17. The maximum Gasteiger partial charge on any atom is 0.265 e. The first kappa shape index (κ1) is 21.2. The molecule has 162 valence electrons. The van der Waals surface area contributed by atoms with Gasteiger partial charge in [0, 0.05) is 23.9 Å². The van der Waals surface area contributed by atoms with Crippen molar-refractivity contribution >= 4 is 16.7 Å². The van der Waals surface area contributed by atoms with E-state index in [-0.39, 0.29) is 23.3 Å². The van der Waals surface area contributed by atoms with Crippen molar-refractivity contribution < 1.29 is 15.0 Å². The highest BCUT2D eigenvalue weighted by atomic mass is 16.3. The Morgan fingerprint density at radius 3 is 2.48 bits per heavy atom. The van der Waals surface area contributed by atoms with Crippen LogP contribution in [0.1, 0.15) is 79.8 Å². The van der Waals surface area contributed by atoms with E-state index in [1.54, 1.807) is 10.6 Å². The van der Waals surface area contributed by atoms with Crippen LogP contribution < -0.4 is 0 Å². The lowest BCUT2D eigenvalue weighted by atomic mass is 9.83. The summed E-state index contributed by atoms with van der Waals surface area (Å²) in [6, 6.07) is 9.54. The third kappa shape index (κ3) is 4.25. The minimum absolute atomic E-state index is 0.0646. The Balaban J connectivity index is 1.83. The number of nitrogens with zero attached hydrogens (tertiary/aromatic N) is 1. The molecule has 2 aromatic carbocycles. The molecule has 0 amide bonds. The van der Waals surface area contributed by atoms with Crippen LogP contribution in [0.25, 0.3) is 10.8 Å². The van der Waals surface area contributed by atoms with Crippen LogP contribution in [0, 0.1) is 0 Å². The second-order valence-electron chi connectivity index (χ2n) is 8.76. The van der Waals surface area contributed by atoms with Gasteiger partial charge >= 0.3 is 0 Å². The minimum Gasteiger partial charge on any atom is -0.507 e. The summed E-state index contributed by atoms with van der Waals surface area (Å²) in [6.45, 7) is 4.21. The molecule has 1 aliphatic carbocycles. The van der Waals surface area contributed by atoms with Gasteiger partial charge in [-0.2, -0.15) is 0 Å². The maximum atomic E-state index is 13.6. The number of benzene rings is 2. The van der Waals surface area contributed by atoms with Crippen LogP contribution in [-0.2, 0) is 6.42 Å². The third-order valence-corrected chi connectivity index (χ3v) is 6.39. The zero-order chi connectivity index (χ0) is 22.0. The predicted octanol–water partition coefficient (Wildman–Crippen LogP) is 6.69. The number of carbonyl (C=O) groups excluding carboxylic acids is 1. The Hall–Kier alpha value is -3.01. The lowest BCUT2D eigenvalue weighted by Crippen LogP contribution is -2.15. The highest BCUT2D eigenvalue weighted by Gasteiger charge is 2.28. The number of hydrogen-bond acceptors (Lipinski definition) is 3. The summed E-state index contributed by atoms with van der Waals surface area (Å²) in [5, 5.41) is 24.1. The summed E-state index contributed by atoms with van der Waals surface area (Å²) >= 11 is 0. The molecule has 0 saturated heterocycles. The molecule has 0 bridgehead atoms. The van der Waals surface area contributed by atoms with Gasteiger partial charge in [-0.3, -0.25) is 9.36 Å². The summed E-state index contributed by atoms with van der Waals surface area (Å²) in [5.41, 5.74) is 2.78. The molecule has 0 saturated carbocycles. The Morgan fingerprint density at radius 1 is 1.13 bits per heavy atom. The Labute approximate surface area is 183 Å². The van der Waals surface area contributed by atoms with Gasteiger partial charge in [0.05, 0.1) is 5.56 Å². The van der Waals surface area contributed by atoms with Gasteiger partial charge in [-0.25, -0.2) is 0 Å². The van der Waals surface area contributed by atoms with Crippen LogP contribution >= 0.6 is 0 Å². The fourth-order valence-corrected chi connectivity index (χ4v) is 4.76. The SMILES string of the molecule is CCCCCc1cc(O)c(C2C=C(C)CCC2)c(O)c1C(=O)n1cc2ccccc2c1. The number of allylic oxidation sites excluding steroid dienone is 2. The average Bonchev–Trinajstić information content (AvgIpc) is 3.18. The summed E-state index contributed by atoms with van der Waals surface area (Å²) in [6.07, 6.45) is 12.3. The number of carbonyl (C=O) groups is 1. The van der Waals surface area contributed by atoms with Gasteiger partial charge in [0.2, 0.25) is 0 Å². The van der Waals surface area contributed by atoms with Crippen molar-refractivity contribution in [1.29, 1.82) is 0 Å². The second-order valence-corrected chi connectivity index (χ2v) is 8.76. The van der Waals surface area contributed by atoms with Crippen molar-refractivity contribution in [3.8, 4) is 11.5 Å². The van der Waals surface area contributed by atoms with Crippen molar-refractivity contribution in [2.24, 2.45) is 0 Å². The van der Waals surface area contributed by atoms with Crippen molar-refractivity contribution in [2.45, 2.75) is 64.7 Å². The molecule has 4 nitrogen and oxygen atoms in total. The highest BCUT2D eigenvalue weighted by Crippen LogP contribution is 2.44. The van der Waals surface area contributed by atoms with Crippen LogP contribution in [0.4, 0.5) is 0 Å². The summed E-state index contributed by atoms with van der Waals surface area (Å²) < 4.78 is 1.56. The summed E-state index contributed by atoms with van der Waals surface area (Å²) in [5.74, 6) is -0.300. The van der Waals surface area contributed by atoms with Crippen molar-refractivity contribution in [1.82, 2.24) is 4.57 Å². The van der Waals surface area contributed by atoms with Crippen molar-refractivity contribution in [3.63, 3.8) is 0 Å². The number of unbranched alkanes of at least 4 members (excludes halogenated alkanes) is 2. The fourth-order valence-electron chi connectivity index (χ4n) is 4.76. The molecule has 3 aromatic rings. The van der Waals surface area contributed by atoms with E-state index in [4.69, 9.17) is 0 Å². The predicted molar refractivity (Wildman–Crippen MR) is 125 cm³/mol. The average molecular weight is 418 g/mol. The molecule has 31 heavy (non-hydrogen) atoms. The molecule has 0 aliphatic heterocycles. The van der Waals surface area contributed by atoms with E-state index >= 15 is 0 Å². The largest absolute Gasteiger partial charge is 0.507 e. The van der Waals surface area contributed by atoms with E-state index in [0.29, 0.717) is 23.1 Å². The number of rotatable bonds is 6. The zero-order valence-electron chi connectivity index (χ0n) is 18.4. The van der Waals surface area contributed by atoms with E-state index in [1.807, 2.05) is 36.7 Å². The lowest BCUT2D eigenvalue weighted by Gasteiger charge is -2.24. The molecule has 0 radical (unpaired) electrons. The van der Waals surface area contributed by atoms with Crippen molar-refractivity contribution in [3.05, 3.63) is 71.1 Å². The van der Waals surface area contributed by atoms with Gasteiger partial charge in [0.15, 0.2) is 0 Å². The first-order valence-electron chi connectivity index (χ1n) is 11.4. The van der Waals surface area contributed by atoms with Gasteiger partial charge in [-0.15, -0.1) is 0 Å². The van der Waals surface area contributed by atoms with E-state index in [9.17, 15) is 15.0 Å². The smallest absolute Gasteiger partial charge is 0.265 e. The normalized spacial score (nSPS) is 16.5. The number of aromatic nitrogens is 1. The summed E-state index contributed by atoms with van der Waals surface area (Å²) in [7, 11) is 0. The molecular formula is C27H31NO3. The first-order valence-corrected chi connectivity index (χ1v) is 11.4. The molecule has 1 aliphatic rings. The molecule has 1 atom stereocenters. The molecule has 1 aromatic heterocycles. The number of fused-ring (bicyclic) bond motifs is 1. The van der Waals surface area contributed by atoms with Gasteiger partial charge in [-0.1, -0.05) is 55.7 Å². The van der Waals surface area contributed by atoms with Crippen LogP contribution in [-0.4, -0.2) is 20.7 Å². The van der Waals surface area contributed by atoms with Crippen LogP contribution in [0.15, 0.2) is 54.4 Å². The molecule has 1 unspecified atom stereocenters. The van der Waals surface area contributed by atoms with Gasteiger partial charge in [0.25, 0.3) is 5.91 Å². The van der Waals surface area contributed by atoms with Crippen LogP contribution in [0.3, 0.4) is 0 Å². The van der Waals surface area contributed by atoms with E-state index in [2.05, 4.69) is 19.9 Å². The third-order valence-electron chi connectivity index (χ3n) is 6.39. The highest BCUT2D eigenvalue weighted by molar-refractivity contribution is 6.03. The molecule has 4 heteroatoms. The van der Waals surface area contributed by atoms with Gasteiger partial charge in [0.1, 0.15) is 11.5 Å². The standard InChI is InChI=1S/C27H31NO3/c1-3-4-5-10-20-15-23(29)24(19-13-8-9-18(2)14-19)26(30)25(20)27(31)28-16-21-11-6-7-12-22(21)17-28/h6-7,11-12,14-17,19,29-30H,3-5,8-10,13H2,1-2H3. The number of phenolic OH excluding ortho intramolecular Hbond substituents is 2. The second kappa shape index (κ2) is 9.01. The topological polar surface area (TPSA) is 62.5 Å². The minimum atomic E-state index is -0.252. The molecule has 4 rings (SSSR count). The Morgan fingerprint density at radius 2 is 1.84 bits per heavy atom. The maximum absolute atomic E-state index is 13.6. The van der Waals surface area contributed by atoms with Crippen LogP contribution in [0.5, 0.6) is 11.5 Å². The fraction of sp³-hybridized carbons (Fsp3) is 0.370. The number of aryl methyl sites for hydroxylation is 1. The molecular weight excluding hydrogens is 386 g/mol. The number of hydrogen-bond donors (Lipinski definition) is 2. The quantitative estimate of drug-likeness (QED) is 0.347. The van der Waals surface area contributed by atoms with Gasteiger partial charge in [-0.05, 0) is 61.4 Å². The van der Waals surface area contributed by atoms with E-state index < -0.39 is 0 Å². The molecule has 0 fully saturated rings. The van der Waals surface area contributed by atoms with E-state index in [0.717, 1.165) is 49.3 Å². The molecule has 2 N–H and O–H groups in total. The number of aromatic hydroxyl groups is 2. The Bertz CT molecular complexity index is 1110. The van der Waals surface area contributed by atoms with Gasteiger partial charge < -0.3 is 10.2 Å². The first-order chi connectivity index (χ1) is 15.0. The lowest BCUT2D eigenvalue weighted by molar-refractivity contribution is 0.0956. The zero-order valence-corrected chi connectivity index (χ0v) is 18.4. The van der Waals surface area contributed by atoms with Crippen LogP contribution in [0.2, 0.25) is 0 Å². The monoisotopic (exact) mass is 417 g/mol. The summed E-state index contributed by atoms with van der Waals surface area (Å²) in [4.78, 5) is 13.6. The van der Waals surface area contributed by atoms with Crippen molar-refractivity contribution in [2.75, 3.05) is 0 Å². The van der Waals surface area contributed by atoms with E-state index in [1.165, 1.54) is 5.57 Å². The molecule has 1 heterocycles. The molecule has 0 spiro atoms.